The molecule has 2 rings (SSSR count). The summed E-state index contributed by atoms with van der Waals surface area (Å²) in [5.41, 5.74) is 3.14. The van der Waals surface area contributed by atoms with Crippen LogP contribution < -0.4 is 10.2 Å². The summed E-state index contributed by atoms with van der Waals surface area (Å²) in [5, 5.41) is 0. The minimum absolute atomic E-state index is 0.150. The number of carbonyl (C=O) groups is 1. The molecule has 0 saturated heterocycles. The molecule has 0 spiro atoms. The minimum atomic E-state index is -0.379. The van der Waals surface area contributed by atoms with E-state index in [1.54, 1.807) is 6.92 Å². The smallest absolute Gasteiger partial charge is 0.338 e. The van der Waals surface area contributed by atoms with Crippen LogP contribution in [0.2, 0.25) is 0 Å². The number of hydrogen-bond donors (Lipinski definition) is 0. The van der Waals surface area contributed by atoms with E-state index < -0.39 is 0 Å². The third-order valence-corrected chi connectivity index (χ3v) is 6.10. The van der Waals surface area contributed by atoms with Gasteiger partial charge in [-0.2, -0.15) is 6.32 Å². The molecule has 158 valence electrons. The second-order valence-corrected chi connectivity index (χ2v) is 7.78. The molecule has 0 N–H and O–H groups in total. The van der Waals surface area contributed by atoms with E-state index in [0.717, 1.165) is 6.32 Å². The Morgan fingerprint density at radius 2 is 1.41 bits per heavy atom. The first-order valence-electron chi connectivity index (χ1n) is 11.1. The van der Waals surface area contributed by atoms with Gasteiger partial charge in [-0.3, -0.25) is 0 Å². The predicted molar refractivity (Wildman–Crippen MR) is 128 cm³/mol. The predicted octanol–water partition coefficient (Wildman–Crippen LogP) is 4.05. The largest absolute Gasteiger partial charge is 0.423 e. The van der Waals surface area contributed by atoms with Crippen LogP contribution in [-0.4, -0.2) is 43.9 Å². The number of rotatable bonds is 9. The molecule has 0 unspecified atom stereocenters. The van der Waals surface area contributed by atoms with Crippen molar-refractivity contribution in [1.29, 1.82) is 0 Å². The Bertz CT molecular complexity index is 720. The highest BCUT2D eigenvalue weighted by Gasteiger charge is 2.16. The van der Waals surface area contributed by atoms with Gasteiger partial charge in [-0.05, 0) is 46.8 Å². The van der Waals surface area contributed by atoms with E-state index in [-0.39, 0.29) is 13.2 Å². The van der Waals surface area contributed by atoms with Crippen molar-refractivity contribution in [1.82, 2.24) is 0 Å². The van der Waals surface area contributed by atoms with Gasteiger partial charge in [-0.1, -0.05) is 54.6 Å². The topological polar surface area (TPSA) is 26.3 Å². The van der Waals surface area contributed by atoms with E-state index in [1.807, 2.05) is 30.3 Å². The number of benzene rings is 2. The van der Waals surface area contributed by atoms with Crippen LogP contribution in [-0.2, 0) is 11.1 Å². The molecule has 0 bridgehead atoms. The van der Waals surface area contributed by atoms with Crippen LogP contribution in [0.4, 0.5) is 0 Å². The number of esters is 1. The molecule has 0 aliphatic heterocycles. The van der Waals surface area contributed by atoms with E-state index in [0.29, 0.717) is 11.3 Å². The van der Waals surface area contributed by atoms with Crippen molar-refractivity contribution in [2.75, 3.05) is 26.2 Å². The van der Waals surface area contributed by atoms with Crippen LogP contribution in [0, 0.1) is 0 Å². The van der Waals surface area contributed by atoms with Crippen LogP contribution in [0.3, 0.4) is 0 Å². The summed E-state index contributed by atoms with van der Waals surface area (Å²) in [6, 6.07) is 18.3. The van der Waals surface area contributed by atoms with Gasteiger partial charge in [-0.15, -0.1) is 0 Å². The number of hydrogen-bond acceptors (Lipinski definition) is 2. The van der Waals surface area contributed by atoms with Crippen molar-refractivity contribution >= 4 is 18.7 Å². The first-order valence-corrected chi connectivity index (χ1v) is 11.1. The molecule has 4 heteroatoms. The van der Waals surface area contributed by atoms with E-state index in [1.165, 1.54) is 41.7 Å². The molecular weight excluding hydrogens is 357 g/mol. The molecule has 0 fully saturated rings. The van der Waals surface area contributed by atoms with E-state index in [4.69, 9.17) is 4.74 Å². The molecule has 2 aromatic carbocycles. The summed E-state index contributed by atoms with van der Waals surface area (Å²) in [5.74, 6) is 0.192. The fraction of sp³-hybridized carbons (Fsp3) is 0.400. The number of ether oxygens (including phenoxy) is 1. The fourth-order valence-corrected chi connectivity index (χ4v) is 3.51. The van der Waals surface area contributed by atoms with E-state index in [9.17, 15) is 4.79 Å². The average molecular weight is 395 g/mol. The zero-order valence-electron chi connectivity index (χ0n) is 19.2. The summed E-state index contributed by atoms with van der Waals surface area (Å²) in [7, 11) is -0.150. The Morgan fingerprint density at radius 3 is 1.83 bits per heavy atom. The van der Waals surface area contributed by atoms with Gasteiger partial charge >= 0.3 is 5.97 Å². The zero-order chi connectivity index (χ0) is 21.7. The molecule has 0 atom stereocenters. The van der Waals surface area contributed by atoms with Gasteiger partial charge in [0.05, 0.1) is 26.2 Å². The van der Waals surface area contributed by atoms with Gasteiger partial charge < -0.3 is 9.22 Å². The van der Waals surface area contributed by atoms with Crippen molar-refractivity contribution in [3.8, 4) is 5.75 Å². The lowest BCUT2D eigenvalue weighted by Gasteiger charge is -2.34. The van der Waals surface area contributed by atoms with Gasteiger partial charge in [0.25, 0.3) is 0 Å². The van der Waals surface area contributed by atoms with Crippen molar-refractivity contribution < 1.29 is 14.0 Å². The summed E-state index contributed by atoms with van der Waals surface area (Å²) < 4.78 is 6.44. The third-order valence-electron chi connectivity index (χ3n) is 6.10. The standard InChI is InChI=1S/C17H18BO2.C8H20N/c1-13(2)17(19)20-16-10-8-14(9-11-16)12-18-15-6-4-3-5-7-15;1-5-9(6-2,7-3)8-4/h3-11H,1,12,18H2,2H3;5-8H2,1-4H3/q-1;+1. The maximum Gasteiger partial charge on any atom is 0.338 e. The number of nitrogens with zero attached hydrogens (tertiary/aromatic N) is 1. The van der Waals surface area contributed by atoms with Crippen LogP contribution in [0.5, 0.6) is 5.75 Å². The molecule has 0 amide bonds. The van der Waals surface area contributed by atoms with Crippen molar-refractivity contribution in [2.45, 2.75) is 40.9 Å². The maximum absolute atomic E-state index is 11.4. The lowest BCUT2D eigenvalue weighted by Crippen LogP contribution is -2.47. The molecule has 0 aliphatic carbocycles. The Kier molecular flexibility index (Phi) is 11.1. The van der Waals surface area contributed by atoms with E-state index in [2.05, 4.69) is 58.5 Å². The highest BCUT2D eigenvalue weighted by molar-refractivity contribution is 6.52. The number of quaternary nitrogens is 1. The normalized spacial score (nSPS) is 10.7. The molecule has 0 aromatic heterocycles. The van der Waals surface area contributed by atoms with Gasteiger partial charge in [0.15, 0.2) is 0 Å². The van der Waals surface area contributed by atoms with E-state index >= 15 is 0 Å². The lowest BCUT2D eigenvalue weighted by molar-refractivity contribution is -0.921. The quantitative estimate of drug-likeness (QED) is 0.211. The van der Waals surface area contributed by atoms with Crippen molar-refractivity contribution in [3.63, 3.8) is 0 Å². The molecule has 2 aromatic rings. The SMILES string of the molecule is C=C(C)C(=O)Oc1ccc(C[BH2-]c2ccccc2)cc1.CC[N+](CC)(CC)CC. The zero-order valence-corrected chi connectivity index (χ0v) is 19.2. The second-order valence-electron chi connectivity index (χ2n) is 7.78. The molecule has 0 radical (unpaired) electrons. The first kappa shape index (κ1) is 24.7. The number of carbonyl (C=O) groups excluding carboxylic acids is 1. The fourth-order valence-electron chi connectivity index (χ4n) is 3.51. The molecule has 3 nitrogen and oxygen atoms in total. The van der Waals surface area contributed by atoms with Crippen LogP contribution in [0.25, 0.3) is 0 Å². The van der Waals surface area contributed by atoms with Gasteiger partial charge in [0.1, 0.15) is 5.75 Å². The molecule has 0 heterocycles. The van der Waals surface area contributed by atoms with Crippen molar-refractivity contribution in [3.05, 3.63) is 72.3 Å². The van der Waals surface area contributed by atoms with Gasteiger partial charge in [-0.25, -0.2) is 10.3 Å². The molecule has 29 heavy (non-hydrogen) atoms. The first-order chi connectivity index (χ1) is 13.9. The Hall–Kier alpha value is -2.33. The van der Waals surface area contributed by atoms with Crippen LogP contribution >= 0.6 is 0 Å². The summed E-state index contributed by atoms with van der Waals surface area (Å²) >= 11 is 0. The lowest BCUT2D eigenvalue weighted by atomic mass is 9.65. The summed E-state index contributed by atoms with van der Waals surface area (Å²) in [4.78, 5) is 11.4. The summed E-state index contributed by atoms with van der Waals surface area (Å²) in [6.45, 7) is 19.4. The summed E-state index contributed by atoms with van der Waals surface area (Å²) in [6.07, 6.45) is 1.10. The van der Waals surface area contributed by atoms with Gasteiger partial charge in [0, 0.05) is 12.9 Å². The monoisotopic (exact) mass is 395 g/mol. The van der Waals surface area contributed by atoms with Crippen LogP contribution in [0.15, 0.2) is 66.7 Å². The third kappa shape index (κ3) is 8.70. The second kappa shape index (κ2) is 13.0. The Labute approximate surface area is 178 Å². The average Bonchev–Trinajstić information content (AvgIpc) is 2.76. The molecule has 0 aliphatic rings. The van der Waals surface area contributed by atoms with Crippen molar-refractivity contribution in [2.24, 2.45) is 0 Å². The Balaban J connectivity index is 0.000000396. The maximum atomic E-state index is 11.4. The van der Waals surface area contributed by atoms with Crippen LogP contribution in [0.1, 0.15) is 40.2 Å². The molecule has 0 saturated carbocycles. The highest BCUT2D eigenvalue weighted by atomic mass is 16.5. The highest BCUT2D eigenvalue weighted by Crippen LogP contribution is 2.13. The minimum Gasteiger partial charge on any atom is -0.423 e. The van der Waals surface area contributed by atoms with Gasteiger partial charge in [0.2, 0.25) is 0 Å². The molecular formula is C25H38BNO2. The Morgan fingerprint density at radius 1 is 0.897 bits per heavy atom.